The predicted molar refractivity (Wildman–Crippen MR) is 64.7 cm³/mol. The largest absolute Gasteiger partial charge is 0.380 e. The Hall–Kier alpha value is -2.37. The lowest BCUT2D eigenvalue weighted by molar-refractivity contribution is 0.102. The van der Waals surface area contributed by atoms with Crippen LogP contribution in [0.1, 0.15) is 21.6 Å². The zero-order valence-electron chi connectivity index (χ0n) is 9.61. The fraction of sp³-hybridized carbons (Fsp3) is 0.182. The predicted octanol–water partition coefficient (Wildman–Crippen LogP) is 1.26. The van der Waals surface area contributed by atoms with E-state index in [-0.39, 0.29) is 17.4 Å². The summed E-state index contributed by atoms with van der Waals surface area (Å²) in [5.41, 5.74) is 8.36. The molecule has 0 saturated carbocycles. The van der Waals surface area contributed by atoms with Crippen LogP contribution in [-0.4, -0.2) is 21.3 Å². The van der Waals surface area contributed by atoms with E-state index in [2.05, 4.69) is 20.7 Å². The molecule has 0 fully saturated rings. The van der Waals surface area contributed by atoms with Crippen molar-refractivity contribution in [2.75, 3.05) is 11.1 Å². The van der Waals surface area contributed by atoms with Crippen LogP contribution in [0.2, 0.25) is 0 Å². The van der Waals surface area contributed by atoms with Crippen LogP contribution in [0, 0.1) is 13.8 Å². The molecule has 2 rings (SSSR count). The third kappa shape index (κ3) is 2.10. The third-order valence-corrected chi connectivity index (χ3v) is 2.51. The second-order valence-corrected chi connectivity index (χ2v) is 3.78. The number of H-pyrrole nitrogens is 1. The monoisotopic (exact) mass is 231 g/mol. The van der Waals surface area contributed by atoms with Crippen LogP contribution in [-0.2, 0) is 0 Å². The van der Waals surface area contributed by atoms with Crippen molar-refractivity contribution in [1.29, 1.82) is 0 Å². The van der Waals surface area contributed by atoms with Crippen LogP contribution in [0.15, 0.2) is 18.2 Å². The van der Waals surface area contributed by atoms with Crippen molar-refractivity contribution < 1.29 is 4.79 Å². The topological polar surface area (TPSA) is 96.7 Å². The summed E-state index contributed by atoms with van der Waals surface area (Å²) in [6.07, 6.45) is 0. The molecule has 0 atom stereocenters. The van der Waals surface area contributed by atoms with Crippen molar-refractivity contribution in [2.45, 2.75) is 13.8 Å². The maximum atomic E-state index is 11.9. The van der Waals surface area contributed by atoms with Crippen molar-refractivity contribution in [2.24, 2.45) is 0 Å². The number of nitrogen functional groups attached to an aromatic ring is 1. The Balaban J connectivity index is 2.28. The van der Waals surface area contributed by atoms with Gasteiger partial charge in [0.15, 0.2) is 11.5 Å². The molecule has 2 aromatic rings. The lowest BCUT2D eigenvalue weighted by atomic mass is 10.1. The molecular weight excluding hydrogens is 218 g/mol. The van der Waals surface area contributed by atoms with Crippen LogP contribution in [0.25, 0.3) is 0 Å². The van der Waals surface area contributed by atoms with Gasteiger partial charge in [0, 0.05) is 5.69 Å². The van der Waals surface area contributed by atoms with Crippen LogP contribution < -0.4 is 11.1 Å². The summed E-state index contributed by atoms with van der Waals surface area (Å²) < 4.78 is 0. The summed E-state index contributed by atoms with van der Waals surface area (Å²) in [5, 5.41) is 12.4. The Morgan fingerprint density at radius 3 is 2.47 bits per heavy atom. The van der Waals surface area contributed by atoms with Crippen molar-refractivity contribution >= 4 is 17.4 Å². The molecule has 0 spiro atoms. The summed E-state index contributed by atoms with van der Waals surface area (Å²) >= 11 is 0. The molecule has 88 valence electrons. The van der Waals surface area contributed by atoms with E-state index >= 15 is 0 Å². The number of aryl methyl sites for hydroxylation is 2. The highest BCUT2D eigenvalue weighted by Crippen LogP contribution is 2.20. The molecule has 0 bridgehead atoms. The highest BCUT2D eigenvalue weighted by Gasteiger charge is 2.15. The van der Waals surface area contributed by atoms with Gasteiger partial charge in [-0.1, -0.05) is 18.2 Å². The van der Waals surface area contributed by atoms with E-state index in [0.29, 0.717) is 0 Å². The van der Waals surface area contributed by atoms with Crippen LogP contribution in [0.4, 0.5) is 11.5 Å². The average Bonchev–Trinajstić information content (AvgIpc) is 2.70. The minimum atomic E-state index is -0.367. The van der Waals surface area contributed by atoms with Crippen molar-refractivity contribution in [3.8, 4) is 0 Å². The Morgan fingerprint density at radius 1 is 1.29 bits per heavy atom. The van der Waals surface area contributed by atoms with Gasteiger partial charge in [-0.15, -0.1) is 10.2 Å². The number of anilines is 2. The molecule has 1 heterocycles. The Morgan fingerprint density at radius 2 is 1.94 bits per heavy atom. The first kappa shape index (κ1) is 11.1. The summed E-state index contributed by atoms with van der Waals surface area (Å²) in [4.78, 5) is 11.9. The van der Waals surface area contributed by atoms with E-state index in [1.54, 1.807) is 0 Å². The molecule has 1 aromatic carbocycles. The number of hydrogen-bond donors (Lipinski definition) is 3. The van der Waals surface area contributed by atoms with Crippen LogP contribution in [0.5, 0.6) is 0 Å². The second kappa shape index (κ2) is 4.25. The molecule has 0 radical (unpaired) electrons. The second-order valence-electron chi connectivity index (χ2n) is 3.78. The van der Waals surface area contributed by atoms with Gasteiger partial charge >= 0.3 is 0 Å². The zero-order valence-corrected chi connectivity index (χ0v) is 9.61. The van der Waals surface area contributed by atoms with Crippen molar-refractivity contribution in [3.05, 3.63) is 35.0 Å². The highest BCUT2D eigenvalue weighted by atomic mass is 16.2. The fourth-order valence-electron chi connectivity index (χ4n) is 1.59. The number of carbonyl (C=O) groups is 1. The third-order valence-electron chi connectivity index (χ3n) is 2.51. The maximum absolute atomic E-state index is 11.9. The molecule has 0 unspecified atom stereocenters. The normalized spacial score (nSPS) is 10.2. The number of para-hydroxylation sites is 1. The maximum Gasteiger partial charge on any atom is 0.280 e. The number of benzene rings is 1. The number of carbonyl (C=O) groups excluding carboxylic acids is 1. The quantitative estimate of drug-likeness (QED) is 0.724. The SMILES string of the molecule is Cc1cccc(C)c1NC(=O)c1n[nH]nc1N. The molecule has 0 aliphatic rings. The molecule has 4 N–H and O–H groups in total. The van der Waals surface area contributed by atoms with Crippen LogP contribution in [0.3, 0.4) is 0 Å². The molecule has 6 heteroatoms. The van der Waals surface area contributed by atoms with E-state index in [1.807, 2.05) is 32.0 Å². The van der Waals surface area contributed by atoms with Crippen molar-refractivity contribution in [1.82, 2.24) is 15.4 Å². The number of nitrogens with one attached hydrogen (secondary N) is 2. The van der Waals surface area contributed by atoms with Gasteiger partial charge in [0.05, 0.1) is 0 Å². The molecular formula is C11H13N5O. The molecule has 0 aliphatic carbocycles. The summed E-state index contributed by atoms with van der Waals surface area (Å²) in [7, 11) is 0. The molecule has 17 heavy (non-hydrogen) atoms. The van der Waals surface area contributed by atoms with Gasteiger partial charge in [0.2, 0.25) is 0 Å². The van der Waals surface area contributed by atoms with Gasteiger partial charge < -0.3 is 11.1 Å². The lowest BCUT2D eigenvalue weighted by Crippen LogP contribution is -2.15. The van der Waals surface area contributed by atoms with Gasteiger partial charge in [0.25, 0.3) is 5.91 Å². The number of nitrogens with two attached hydrogens (primary N) is 1. The number of nitrogens with zero attached hydrogens (tertiary/aromatic N) is 2. The zero-order chi connectivity index (χ0) is 12.4. The first-order valence-electron chi connectivity index (χ1n) is 5.13. The molecule has 0 saturated heterocycles. The molecule has 1 amide bonds. The summed E-state index contributed by atoms with van der Waals surface area (Å²) in [6.45, 7) is 3.85. The van der Waals surface area contributed by atoms with Crippen LogP contribution >= 0.6 is 0 Å². The van der Waals surface area contributed by atoms with Gasteiger partial charge in [-0.05, 0) is 25.0 Å². The van der Waals surface area contributed by atoms with E-state index in [1.165, 1.54) is 0 Å². The number of aromatic nitrogens is 3. The smallest absolute Gasteiger partial charge is 0.280 e. The minimum Gasteiger partial charge on any atom is -0.380 e. The highest BCUT2D eigenvalue weighted by molar-refractivity contribution is 6.06. The Kier molecular flexibility index (Phi) is 2.78. The van der Waals surface area contributed by atoms with E-state index in [0.717, 1.165) is 16.8 Å². The Labute approximate surface area is 98.2 Å². The fourth-order valence-corrected chi connectivity index (χ4v) is 1.59. The van der Waals surface area contributed by atoms with E-state index < -0.39 is 0 Å². The van der Waals surface area contributed by atoms with E-state index in [9.17, 15) is 4.79 Å². The molecule has 6 nitrogen and oxygen atoms in total. The lowest BCUT2D eigenvalue weighted by Gasteiger charge is -2.10. The van der Waals surface area contributed by atoms with E-state index in [4.69, 9.17) is 5.73 Å². The van der Waals surface area contributed by atoms with Gasteiger partial charge in [0.1, 0.15) is 0 Å². The van der Waals surface area contributed by atoms with Gasteiger partial charge in [-0.25, -0.2) is 0 Å². The molecule has 1 aromatic heterocycles. The number of aromatic amines is 1. The summed E-state index contributed by atoms with van der Waals surface area (Å²) in [6, 6.07) is 5.79. The summed E-state index contributed by atoms with van der Waals surface area (Å²) in [5.74, 6) is -0.276. The standard InChI is InChI=1S/C11H13N5O/c1-6-4-3-5-7(2)8(6)13-11(17)9-10(12)15-16-14-9/h3-5H,1-2H3,(H,13,17)(H3,12,14,15,16). The van der Waals surface area contributed by atoms with Crippen molar-refractivity contribution in [3.63, 3.8) is 0 Å². The first-order chi connectivity index (χ1) is 8.09. The Bertz CT molecular complexity index is 540. The van der Waals surface area contributed by atoms with Gasteiger partial charge in [-0.3, -0.25) is 4.79 Å². The number of amides is 1. The average molecular weight is 231 g/mol. The minimum absolute atomic E-state index is 0.0914. The van der Waals surface area contributed by atoms with Gasteiger partial charge in [-0.2, -0.15) is 5.21 Å². The molecule has 0 aliphatic heterocycles. The number of rotatable bonds is 2. The number of hydrogen-bond acceptors (Lipinski definition) is 4. The first-order valence-corrected chi connectivity index (χ1v) is 5.13.